The van der Waals surface area contributed by atoms with Crippen LogP contribution in [0.15, 0.2) is 22.8 Å². The number of carbonyl (C=O) groups is 1. The third kappa shape index (κ3) is 3.21. The summed E-state index contributed by atoms with van der Waals surface area (Å²) in [7, 11) is 0. The van der Waals surface area contributed by atoms with Crippen molar-refractivity contribution in [2.24, 2.45) is 0 Å². The second-order valence-electron chi connectivity index (χ2n) is 4.53. The highest BCUT2D eigenvalue weighted by Gasteiger charge is 2.18. The van der Waals surface area contributed by atoms with E-state index in [0.717, 1.165) is 0 Å². The minimum absolute atomic E-state index is 0.00251. The van der Waals surface area contributed by atoms with Crippen LogP contribution in [-0.4, -0.2) is 55.3 Å². The van der Waals surface area contributed by atoms with Crippen molar-refractivity contribution in [1.29, 1.82) is 0 Å². The van der Waals surface area contributed by atoms with Gasteiger partial charge in [0.05, 0.1) is 12.9 Å². The molecule has 0 saturated carbocycles. The molecule has 0 atom stereocenters. The Morgan fingerprint density at radius 3 is 2.95 bits per heavy atom. The third-order valence-corrected chi connectivity index (χ3v) is 2.76. The zero-order valence-electron chi connectivity index (χ0n) is 11.4. The normalized spacial score (nSPS) is 11.0. The highest BCUT2D eigenvalue weighted by atomic mass is 16.3. The van der Waals surface area contributed by atoms with Crippen LogP contribution in [0.4, 0.5) is 0 Å². The molecule has 2 heterocycles. The van der Waals surface area contributed by atoms with Gasteiger partial charge in [-0.25, -0.2) is 0 Å². The zero-order valence-corrected chi connectivity index (χ0v) is 11.4. The van der Waals surface area contributed by atoms with Gasteiger partial charge in [-0.05, 0) is 31.2 Å². The molecule has 2 aromatic rings. The number of aliphatic hydroxyl groups excluding tert-OH is 1. The number of carbonyl (C=O) groups excluding carboxylic acids is 1. The number of hydrogen-bond acceptors (Lipinski definition) is 6. The van der Waals surface area contributed by atoms with Gasteiger partial charge in [0.1, 0.15) is 6.54 Å². The van der Waals surface area contributed by atoms with E-state index >= 15 is 0 Å². The average Bonchev–Trinajstić information content (AvgIpc) is 3.05. The van der Waals surface area contributed by atoms with Crippen LogP contribution in [-0.2, 0) is 11.3 Å². The first-order valence-electron chi connectivity index (χ1n) is 6.34. The fourth-order valence-electron chi connectivity index (χ4n) is 1.81. The number of aliphatic hydroxyl groups is 1. The summed E-state index contributed by atoms with van der Waals surface area (Å²) in [6, 6.07) is 3.45. The molecule has 0 aromatic carbocycles. The second kappa shape index (κ2) is 6.29. The molecule has 0 fully saturated rings. The van der Waals surface area contributed by atoms with Gasteiger partial charge in [-0.15, -0.1) is 10.2 Å². The summed E-state index contributed by atoms with van der Waals surface area (Å²) < 4.78 is 5.16. The topological polar surface area (TPSA) is 97.3 Å². The number of amides is 1. The van der Waals surface area contributed by atoms with E-state index in [1.54, 1.807) is 17.0 Å². The Balaban J connectivity index is 2.04. The summed E-state index contributed by atoms with van der Waals surface area (Å²) in [5.74, 6) is 0.665. The molecule has 1 amide bonds. The van der Waals surface area contributed by atoms with Crippen molar-refractivity contribution >= 4 is 5.91 Å². The minimum atomic E-state index is -0.169. The van der Waals surface area contributed by atoms with Gasteiger partial charge >= 0.3 is 0 Å². The Labute approximate surface area is 116 Å². The van der Waals surface area contributed by atoms with Crippen molar-refractivity contribution in [2.45, 2.75) is 26.4 Å². The van der Waals surface area contributed by atoms with Gasteiger partial charge in [0.15, 0.2) is 5.76 Å². The Bertz CT molecular complexity index is 549. The maximum absolute atomic E-state index is 12.1. The third-order valence-electron chi connectivity index (χ3n) is 2.76. The first kappa shape index (κ1) is 14.2. The first-order chi connectivity index (χ1) is 9.61. The van der Waals surface area contributed by atoms with Crippen molar-refractivity contribution in [3.8, 4) is 11.6 Å². The molecule has 0 bridgehead atoms. The van der Waals surface area contributed by atoms with E-state index in [1.165, 1.54) is 11.1 Å². The summed E-state index contributed by atoms with van der Waals surface area (Å²) in [6.07, 6.45) is 1.52. The van der Waals surface area contributed by atoms with Crippen molar-refractivity contribution in [3.05, 3.63) is 18.4 Å². The van der Waals surface area contributed by atoms with E-state index in [1.807, 2.05) is 13.8 Å². The number of nitrogens with zero attached hydrogens (tertiary/aromatic N) is 5. The Kier molecular flexibility index (Phi) is 4.46. The lowest BCUT2D eigenvalue weighted by Gasteiger charge is -2.25. The average molecular weight is 279 g/mol. The molecule has 20 heavy (non-hydrogen) atoms. The number of rotatable bonds is 6. The van der Waals surface area contributed by atoms with E-state index in [4.69, 9.17) is 9.52 Å². The molecule has 0 unspecified atom stereocenters. The van der Waals surface area contributed by atoms with E-state index < -0.39 is 0 Å². The van der Waals surface area contributed by atoms with Gasteiger partial charge in [-0.1, -0.05) is 0 Å². The SMILES string of the molecule is CC(C)N(CCO)C(=O)Cn1nnc(-c2ccco2)n1. The summed E-state index contributed by atoms with van der Waals surface area (Å²) in [6.45, 7) is 3.96. The summed E-state index contributed by atoms with van der Waals surface area (Å²) in [5.41, 5.74) is 0. The second-order valence-corrected chi connectivity index (χ2v) is 4.53. The predicted molar refractivity (Wildman–Crippen MR) is 69.5 cm³/mol. The van der Waals surface area contributed by atoms with Gasteiger partial charge in [0, 0.05) is 12.6 Å². The van der Waals surface area contributed by atoms with Gasteiger partial charge in [0.25, 0.3) is 0 Å². The highest BCUT2D eigenvalue weighted by Crippen LogP contribution is 2.13. The summed E-state index contributed by atoms with van der Waals surface area (Å²) >= 11 is 0. The number of aromatic nitrogens is 4. The lowest BCUT2D eigenvalue weighted by molar-refractivity contribution is -0.134. The maximum atomic E-state index is 12.1. The molecule has 0 aliphatic heterocycles. The van der Waals surface area contributed by atoms with E-state index in [0.29, 0.717) is 11.6 Å². The standard InChI is InChI=1S/C12H17N5O3/c1-9(2)16(5-6-18)11(19)8-17-14-12(13-15-17)10-4-3-7-20-10/h3-4,7,9,18H,5-6,8H2,1-2H3. The Hall–Kier alpha value is -2.22. The number of furan rings is 1. The van der Waals surface area contributed by atoms with Crippen LogP contribution >= 0.6 is 0 Å². The molecule has 8 heteroatoms. The van der Waals surface area contributed by atoms with Crippen LogP contribution in [0.5, 0.6) is 0 Å². The van der Waals surface area contributed by atoms with Crippen molar-refractivity contribution in [3.63, 3.8) is 0 Å². The smallest absolute Gasteiger partial charge is 0.246 e. The van der Waals surface area contributed by atoms with Crippen LogP contribution in [0, 0.1) is 0 Å². The minimum Gasteiger partial charge on any atom is -0.461 e. The van der Waals surface area contributed by atoms with Crippen LogP contribution in [0.3, 0.4) is 0 Å². The quantitative estimate of drug-likeness (QED) is 0.809. The van der Waals surface area contributed by atoms with Gasteiger partial charge in [-0.3, -0.25) is 4.79 Å². The van der Waals surface area contributed by atoms with Crippen LogP contribution in [0.1, 0.15) is 13.8 Å². The summed E-state index contributed by atoms with van der Waals surface area (Å²) in [4.78, 5) is 14.9. The molecule has 0 aliphatic rings. The van der Waals surface area contributed by atoms with E-state index in [2.05, 4.69) is 15.4 Å². The molecule has 0 spiro atoms. The number of hydrogen-bond donors (Lipinski definition) is 1. The van der Waals surface area contributed by atoms with Crippen molar-refractivity contribution in [1.82, 2.24) is 25.1 Å². The fraction of sp³-hybridized carbons (Fsp3) is 0.500. The van der Waals surface area contributed by atoms with Gasteiger partial charge in [0.2, 0.25) is 11.7 Å². The van der Waals surface area contributed by atoms with Crippen LogP contribution in [0.2, 0.25) is 0 Å². The van der Waals surface area contributed by atoms with Gasteiger partial charge in [-0.2, -0.15) is 4.80 Å². The van der Waals surface area contributed by atoms with E-state index in [-0.39, 0.29) is 31.6 Å². The maximum Gasteiger partial charge on any atom is 0.246 e. The van der Waals surface area contributed by atoms with Gasteiger partial charge < -0.3 is 14.4 Å². The van der Waals surface area contributed by atoms with Crippen molar-refractivity contribution < 1.29 is 14.3 Å². The first-order valence-corrected chi connectivity index (χ1v) is 6.34. The predicted octanol–water partition coefficient (Wildman–Crippen LogP) is 0.162. The molecule has 108 valence electrons. The Morgan fingerprint density at radius 1 is 1.55 bits per heavy atom. The molecule has 2 aromatic heterocycles. The molecule has 2 rings (SSSR count). The largest absolute Gasteiger partial charge is 0.461 e. The summed E-state index contributed by atoms with van der Waals surface area (Å²) in [5, 5.41) is 20.7. The fourth-order valence-corrected chi connectivity index (χ4v) is 1.81. The highest BCUT2D eigenvalue weighted by molar-refractivity contribution is 5.76. The number of tetrazole rings is 1. The molecule has 1 N–H and O–H groups in total. The molecular formula is C12H17N5O3. The Morgan fingerprint density at radius 2 is 2.35 bits per heavy atom. The van der Waals surface area contributed by atoms with E-state index in [9.17, 15) is 4.79 Å². The van der Waals surface area contributed by atoms with Crippen molar-refractivity contribution in [2.75, 3.05) is 13.2 Å². The van der Waals surface area contributed by atoms with Crippen LogP contribution in [0.25, 0.3) is 11.6 Å². The zero-order chi connectivity index (χ0) is 14.5. The molecule has 8 nitrogen and oxygen atoms in total. The molecule has 0 aliphatic carbocycles. The lowest BCUT2D eigenvalue weighted by atomic mass is 10.3. The monoisotopic (exact) mass is 279 g/mol. The van der Waals surface area contributed by atoms with Crippen LogP contribution < -0.4 is 0 Å². The molecule has 0 saturated heterocycles. The molecule has 0 radical (unpaired) electrons. The molecular weight excluding hydrogens is 262 g/mol. The lowest BCUT2D eigenvalue weighted by Crippen LogP contribution is -2.41.